The molecule has 1 aliphatic heterocycles. The summed E-state index contributed by atoms with van der Waals surface area (Å²) in [6, 6.07) is 15.6. The van der Waals surface area contributed by atoms with Gasteiger partial charge in [-0.2, -0.15) is 0 Å². The zero-order valence-corrected chi connectivity index (χ0v) is 20.9. The summed E-state index contributed by atoms with van der Waals surface area (Å²) in [5, 5.41) is 0. The lowest BCUT2D eigenvalue weighted by Gasteiger charge is -2.32. The molecule has 0 bridgehead atoms. The number of ether oxygens (including phenoxy) is 1. The number of hydrogen-bond donors (Lipinski definition) is 0. The largest absolute Gasteiger partial charge is 0.494 e. The molecule has 1 aliphatic rings. The first-order valence-corrected chi connectivity index (χ1v) is 11.3. The fourth-order valence-electron chi connectivity index (χ4n) is 3.19. The van der Waals surface area contributed by atoms with Crippen molar-refractivity contribution in [3.8, 4) is 0 Å². The zero-order chi connectivity index (χ0) is 23.0. The number of anilines is 1. The van der Waals surface area contributed by atoms with Crippen LogP contribution in [0.5, 0.6) is 0 Å². The molecule has 1 amide bonds. The van der Waals surface area contributed by atoms with E-state index in [1.54, 1.807) is 4.90 Å². The molecular formula is C24H31BBrNO4. The van der Waals surface area contributed by atoms with Gasteiger partial charge in [-0.1, -0.05) is 40.2 Å². The van der Waals surface area contributed by atoms with E-state index in [1.165, 1.54) is 0 Å². The van der Waals surface area contributed by atoms with Crippen LogP contribution in [0, 0.1) is 0 Å². The van der Waals surface area contributed by atoms with Gasteiger partial charge in [0.2, 0.25) is 0 Å². The fourth-order valence-corrected chi connectivity index (χ4v) is 3.63. The van der Waals surface area contributed by atoms with Gasteiger partial charge in [0, 0.05) is 10.2 Å². The highest BCUT2D eigenvalue weighted by Crippen LogP contribution is 2.36. The molecule has 7 heteroatoms. The lowest BCUT2D eigenvalue weighted by molar-refractivity contribution is 0.00578. The smallest absolute Gasteiger partial charge is 0.443 e. The van der Waals surface area contributed by atoms with Crippen LogP contribution in [-0.2, 0) is 20.6 Å². The first-order chi connectivity index (χ1) is 14.3. The first-order valence-electron chi connectivity index (χ1n) is 10.5. The monoisotopic (exact) mass is 487 g/mol. The van der Waals surface area contributed by atoms with E-state index in [4.69, 9.17) is 14.0 Å². The fraction of sp³-hybridized carbons (Fsp3) is 0.458. The van der Waals surface area contributed by atoms with Crippen molar-refractivity contribution >= 4 is 40.3 Å². The van der Waals surface area contributed by atoms with E-state index in [1.807, 2.05) is 97.0 Å². The van der Waals surface area contributed by atoms with Crippen LogP contribution in [0.25, 0.3) is 0 Å². The van der Waals surface area contributed by atoms with Crippen molar-refractivity contribution in [3.05, 3.63) is 58.6 Å². The van der Waals surface area contributed by atoms with Gasteiger partial charge >= 0.3 is 13.2 Å². The topological polar surface area (TPSA) is 48.0 Å². The molecule has 0 unspecified atom stereocenters. The van der Waals surface area contributed by atoms with Crippen molar-refractivity contribution in [2.75, 3.05) is 4.90 Å². The molecule has 1 fully saturated rings. The van der Waals surface area contributed by atoms with Crippen molar-refractivity contribution in [2.45, 2.75) is 71.8 Å². The molecule has 2 aromatic rings. The summed E-state index contributed by atoms with van der Waals surface area (Å²) in [7, 11) is -0.445. The summed E-state index contributed by atoms with van der Waals surface area (Å²) in [5.74, 6) is 0. The molecule has 0 saturated carbocycles. The number of benzene rings is 2. The summed E-state index contributed by atoms with van der Waals surface area (Å²) in [6.07, 6.45) is -0.393. The standard InChI is InChI=1S/C24H31BBrNO4/c1-22(2,3)29-21(28)27(16-17-9-8-10-19(26)15-17)20-13-11-18(12-14-20)25-30-23(4,5)24(6,7)31-25/h8-15H,16H2,1-7H3. The molecule has 0 aromatic heterocycles. The van der Waals surface area contributed by atoms with Crippen molar-refractivity contribution in [2.24, 2.45) is 0 Å². The Bertz CT molecular complexity index is 921. The molecule has 0 radical (unpaired) electrons. The average Bonchev–Trinajstić information content (AvgIpc) is 2.86. The number of carbonyl (C=O) groups is 1. The predicted octanol–water partition coefficient (Wildman–Crippen LogP) is 5.69. The van der Waals surface area contributed by atoms with Gasteiger partial charge in [-0.15, -0.1) is 0 Å². The minimum Gasteiger partial charge on any atom is -0.443 e. The average molecular weight is 488 g/mol. The van der Waals surface area contributed by atoms with Gasteiger partial charge in [-0.3, -0.25) is 4.90 Å². The Labute approximate surface area is 194 Å². The molecule has 1 saturated heterocycles. The predicted molar refractivity (Wildman–Crippen MR) is 129 cm³/mol. The number of rotatable bonds is 4. The Morgan fingerprint density at radius 3 is 2.13 bits per heavy atom. The van der Waals surface area contributed by atoms with Crippen LogP contribution in [-0.4, -0.2) is 30.0 Å². The third-order valence-electron chi connectivity index (χ3n) is 5.57. The van der Waals surface area contributed by atoms with Gasteiger partial charge in [0.25, 0.3) is 0 Å². The SMILES string of the molecule is CC(C)(C)OC(=O)N(Cc1cccc(Br)c1)c1ccc(B2OC(C)(C)C(C)(C)O2)cc1. The third-order valence-corrected chi connectivity index (χ3v) is 6.07. The van der Waals surface area contributed by atoms with Gasteiger partial charge in [0.05, 0.1) is 17.7 Å². The van der Waals surface area contributed by atoms with E-state index < -0.39 is 30.0 Å². The summed E-state index contributed by atoms with van der Waals surface area (Å²) in [6.45, 7) is 14.1. The molecule has 2 aromatic carbocycles. The molecule has 31 heavy (non-hydrogen) atoms. The quantitative estimate of drug-likeness (QED) is 0.519. The zero-order valence-electron chi connectivity index (χ0n) is 19.4. The van der Waals surface area contributed by atoms with Crippen LogP contribution in [0.15, 0.2) is 53.0 Å². The van der Waals surface area contributed by atoms with E-state index in [0.717, 1.165) is 21.2 Å². The van der Waals surface area contributed by atoms with Crippen LogP contribution in [0.4, 0.5) is 10.5 Å². The summed E-state index contributed by atoms with van der Waals surface area (Å²) in [5.41, 5.74) is 1.26. The van der Waals surface area contributed by atoms with Crippen molar-refractivity contribution < 1.29 is 18.8 Å². The van der Waals surface area contributed by atoms with E-state index in [0.29, 0.717) is 6.54 Å². The highest BCUT2D eigenvalue weighted by molar-refractivity contribution is 9.10. The van der Waals surface area contributed by atoms with E-state index in [9.17, 15) is 4.79 Å². The molecule has 5 nitrogen and oxygen atoms in total. The summed E-state index contributed by atoms with van der Waals surface area (Å²) in [4.78, 5) is 14.6. The van der Waals surface area contributed by atoms with Crippen LogP contribution in [0.2, 0.25) is 0 Å². The maximum absolute atomic E-state index is 13.0. The van der Waals surface area contributed by atoms with Crippen LogP contribution in [0.1, 0.15) is 54.0 Å². The minimum atomic E-state index is -0.588. The van der Waals surface area contributed by atoms with Gasteiger partial charge < -0.3 is 14.0 Å². The van der Waals surface area contributed by atoms with Gasteiger partial charge in [0.15, 0.2) is 0 Å². The number of halogens is 1. The number of hydrogen-bond acceptors (Lipinski definition) is 4. The minimum absolute atomic E-state index is 0.393. The van der Waals surface area contributed by atoms with Crippen LogP contribution < -0.4 is 10.4 Å². The number of carbonyl (C=O) groups excluding carboxylic acids is 1. The summed E-state index contributed by atoms with van der Waals surface area (Å²) < 4.78 is 18.9. The molecule has 0 aliphatic carbocycles. The highest BCUT2D eigenvalue weighted by atomic mass is 79.9. The van der Waals surface area contributed by atoms with Crippen LogP contribution in [0.3, 0.4) is 0 Å². The van der Waals surface area contributed by atoms with Gasteiger partial charge in [0.1, 0.15) is 5.60 Å². The van der Waals surface area contributed by atoms with Crippen molar-refractivity contribution in [1.29, 1.82) is 0 Å². The molecule has 0 atom stereocenters. The van der Waals surface area contributed by atoms with Gasteiger partial charge in [-0.25, -0.2) is 4.79 Å². The maximum atomic E-state index is 13.0. The lowest BCUT2D eigenvalue weighted by atomic mass is 9.79. The van der Waals surface area contributed by atoms with Crippen LogP contribution >= 0.6 is 15.9 Å². The van der Waals surface area contributed by atoms with E-state index in [2.05, 4.69) is 15.9 Å². The Kier molecular flexibility index (Phi) is 6.61. The third kappa shape index (κ3) is 5.70. The summed E-state index contributed by atoms with van der Waals surface area (Å²) >= 11 is 3.50. The number of nitrogens with zero attached hydrogens (tertiary/aromatic N) is 1. The van der Waals surface area contributed by atoms with E-state index in [-0.39, 0.29) is 0 Å². The number of amides is 1. The van der Waals surface area contributed by atoms with Crippen molar-refractivity contribution in [3.63, 3.8) is 0 Å². The maximum Gasteiger partial charge on any atom is 0.494 e. The molecule has 0 spiro atoms. The lowest BCUT2D eigenvalue weighted by Crippen LogP contribution is -2.41. The Balaban J connectivity index is 1.86. The second-order valence-corrected chi connectivity index (χ2v) is 10.8. The highest BCUT2D eigenvalue weighted by Gasteiger charge is 2.51. The molecule has 0 N–H and O–H groups in total. The Hall–Kier alpha value is -1.83. The second-order valence-electron chi connectivity index (χ2n) is 9.88. The molecule has 1 heterocycles. The Morgan fingerprint density at radius 1 is 1.03 bits per heavy atom. The second kappa shape index (κ2) is 8.60. The first kappa shape index (κ1) is 23.8. The van der Waals surface area contributed by atoms with Crippen molar-refractivity contribution in [1.82, 2.24) is 0 Å². The molecular weight excluding hydrogens is 457 g/mol. The van der Waals surface area contributed by atoms with E-state index >= 15 is 0 Å². The Morgan fingerprint density at radius 2 is 1.61 bits per heavy atom. The molecule has 3 rings (SSSR count). The molecule has 166 valence electrons. The van der Waals surface area contributed by atoms with Gasteiger partial charge in [-0.05, 0) is 83.8 Å². The normalized spacial score (nSPS) is 17.5.